The third-order valence-corrected chi connectivity index (χ3v) is 9.60. The number of carbonyl (C=O) groups excluding carboxylic acids is 5. The van der Waals surface area contributed by atoms with E-state index in [1.807, 2.05) is 41.5 Å². The molecular formula is C52H95NO15. The predicted octanol–water partition coefficient (Wildman–Crippen LogP) is 12.0. The SMILES string of the molecule is CC(C)(C)O.CC(C)(C)OC(=O)CCCCCCCCCCC(=O)O.CC(C)(C)OC(=O)CCCCCCCCCCC(=O)ON1C(=O)CCC1=O.O=C(O)CCCCCCCCCCC(=O)O. The van der Waals surface area contributed by atoms with E-state index in [0.29, 0.717) is 24.3 Å². The first kappa shape index (κ1) is 68.2. The fourth-order valence-electron chi connectivity index (χ4n) is 6.41. The van der Waals surface area contributed by atoms with Crippen LogP contribution in [0.5, 0.6) is 0 Å². The Morgan fingerprint density at radius 1 is 0.382 bits per heavy atom. The number of hydrogen-bond acceptors (Lipinski definition) is 12. The van der Waals surface area contributed by atoms with Crippen molar-refractivity contribution in [3.63, 3.8) is 0 Å². The summed E-state index contributed by atoms with van der Waals surface area (Å²) < 4.78 is 10.5. The topological polar surface area (TPSA) is 248 Å². The van der Waals surface area contributed by atoms with Gasteiger partial charge in [-0.25, -0.2) is 4.79 Å². The zero-order chi connectivity index (χ0) is 52.4. The highest BCUT2D eigenvalue weighted by molar-refractivity contribution is 6.01. The molecule has 0 atom stereocenters. The van der Waals surface area contributed by atoms with E-state index >= 15 is 0 Å². The molecule has 1 aliphatic heterocycles. The molecule has 16 nitrogen and oxygen atoms in total. The van der Waals surface area contributed by atoms with Crippen molar-refractivity contribution in [2.24, 2.45) is 0 Å². The lowest BCUT2D eigenvalue weighted by Gasteiger charge is -2.19. The zero-order valence-electron chi connectivity index (χ0n) is 43.9. The standard InChI is InChI=1S/C20H33NO6.C16H30O4.C12H22O4.C4H10O/c1-20(2,3)26-18(24)12-10-8-6-4-5-7-9-11-13-19(25)27-21-16(22)14-15-17(21)23;1-16(2,3)20-15(19)13-11-9-7-5-4-6-8-10-12-14(17)18;13-11(14)9-7-5-3-1-2-4-6-8-10-12(15)16;1-4(2,3)5/h4-15H2,1-3H3;4-13H2,1-3H3,(H,17,18);1-10H2,(H,13,14)(H,15,16);5H,1-3H3. The summed E-state index contributed by atoms with van der Waals surface area (Å²) in [6, 6.07) is 0. The molecule has 2 amide bonds. The fraction of sp³-hybridized carbons (Fsp3) is 0.846. The molecular weight excluding hydrogens is 879 g/mol. The van der Waals surface area contributed by atoms with Crippen LogP contribution in [0.25, 0.3) is 0 Å². The van der Waals surface area contributed by atoms with Crippen molar-refractivity contribution in [2.75, 3.05) is 0 Å². The molecule has 0 radical (unpaired) electrons. The summed E-state index contributed by atoms with van der Waals surface area (Å²) >= 11 is 0. The summed E-state index contributed by atoms with van der Waals surface area (Å²) in [7, 11) is 0. The van der Waals surface area contributed by atoms with Gasteiger partial charge in [-0.1, -0.05) is 116 Å². The molecule has 398 valence electrons. The van der Waals surface area contributed by atoms with Gasteiger partial charge in [-0.2, -0.15) is 0 Å². The number of imide groups is 1. The summed E-state index contributed by atoms with van der Waals surface area (Å²) in [4.78, 5) is 92.9. The first-order valence-electron chi connectivity index (χ1n) is 25.5. The second kappa shape index (κ2) is 41.9. The van der Waals surface area contributed by atoms with Crippen LogP contribution in [-0.2, 0) is 52.7 Å². The van der Waals surface area contributed by atoms with Crippen LogP contribution < -0.4 is 0 Å². The summed E-state index contributed by atoms with van der Waals surface area (Å²) in [6.45, 7) is 16.5. The predicted molar refractivity (Wildman–Crippen MR) is 262 cm³/mol. The van der Waals surface area contributed by atoms with Crippen LogP contribution in [0, 0.1) is 0 Å². The molecule has 68 heavy (non-hydrogen) atoms. The maximum atomic E-state index is 11.6. The Hall–Kier alpha value is -4.08. The van der Waals surface area contributed by atoms with Crippen LogP contribution in [0.4, 0.5) is 0 Å². The number of unbranched alkanes of at least 4 members (excludes halogenated alkanes) is 21. The molecule has 0 aromatic carbocycles. The Bertz CT molecular complexity index is 1350. The highest BCUT2D eigenvalue weighted by atomic mass is 16.7. The molecule has 1 saturated heterocycles. The van der Waals surface area contributed by atoms with Gasteiger partial charge in [0.15, 0.2) is 0 Å². The molecule has 1 rings (SSSR count). The van der Waals surface area contributed by atoms with E-state index in [0.717, 1.165) is 141 Å². The molecule has 4 N–H and O–H groups in total. The second-order valence-electron chi connectivity index (χ2n) is 20.6. The van der Waals surface area contributed by atoms with E-state index in [4.69, 9.17) is 34.7 Å². The van der Waals surface area contributed by atoms with Crippen molar-refractivity contribution in [1.82, 2.24) is 5.06 Å². The van der Waals surface area contributed by atoms with Crippen molar-refractivity contribution >= 4 is 47.6 Å². The van der Waals surface area contributed by atoms with Gasteiger partial charge in [-0.15, -0.1) is 5.06 Å². The summed E-state index contributed by atoms with van der Waals surface area (Å²) in [5, 5.41) is 34.4. The number of carbonyl (C=O) groups is 8. The highest BCUT2D eigenvalue weighted by Crippen LogP contribution is 2.17. The number of hydrogen-bond donors (Lipinski definition) is 4. The molecule has 0 saturated carbocycles. The number of esters is 2. The number of nitrogens with zero attached hydrogens (tertiary/aromatic N) is 1. The third-order valence-electron chi connectivity index (χ3n) is 9.60. The van der Waals surface area contributed by atoms with Gasteiger partial charge in [0.25, 0.3) is 11.8 Å². The van der Waals surface area contributed by atoms with Crippen LogP contribution in [0.2, 0.25) is 0 Å². The molecule has 1 heterocycles. The van der Waals surface area contributed by atoms with Crippen LogP contribution in [-0.4, -0.2) is 89.9 Å². The van der Waals surface area contributed by atoms with Gasteiger partial charge in [0.1, 0.15) is 11.2 Å². The first-order chi connectivity index (χ1) is 31.6. The summed E-state index contributed by atoms with van der Waals surface area (Å²) in [5.41, 5.74) is -1.30. The Morgan fingerprint density at radius 2 is 0.574 bits per heavy atom. The van der Waals surface area contributed by atoms with Crippen LogP contribution in [0.3, 0.4) is 0 Å². The highest BCUT2D eigenvalue weighted by Gasteiger charge is 2.32. The molecule has 1 aliphatic rings. The number of carboxylic acids is 3. The number of rotatable bonds is 34. The van der Waals surface area contributed by atoms with E-state index in [1.54, 1.807) is 20.8 Å². The number of ether oxygens (including phenoxy) is 2. The normalized spacial score (nSPS) is 12.4. The summed E-state index contributed by atoms with van der Waals surface area (Å²) in [5.74, 6) is -3.78. The van der Waals surface area contributed by atoms with Crippen molar-refractivity contribution in [2.45, 2.75) is 285 Å². The van der Waals surface area contributed by atoms with Gasteiger partial charge in [0.2, 0.25) is 0 Å². The van der Waals surface area contributed by atoms with E-state index in [-0.39, 0.29) is 56.1 Å². The third kappa shape index (κ3) is 59.9. The van der Waals surface area contributed by atoms with Gasteiger partial charge < -0.3 is 34.7 Å². The lowest BCUT2D eigenvalue weighted by atomic mass is 10.1. The van der Waals surface area contributed by atoms with Crippen molar-refractivity contribution in [3.8, 4) is 0 Å². The molecule has 0 aromatic rings. The lowest BCUT2D eigenvalue weighted by molar-refractivity contribution is -0.197. The van der Waals surface area contributed by atoms with Gasteiger partial charge in [0, 0.05) is 51.4 Å². The fourth-order valence-corrected chi connectivity index (χ4v) is 6.41. The minimum absolute atomic E-state index is 0.105. The van der Waals surface area contributed by atoms with Crippen LogP contribution in [0.15, 0.2) is 0 Å². The average Bonchev–Trinajstić information content (AvgIpc) is 3.50. The van der Waals surface area contributed by atoms with Gasteiger partial charge in [-0.3, -0.25) is 33.6 Å². The molecule has 0 bridgehead atoms. The zero-order valence-corrected chi connectivity index (χ0v) is 43.9. The van der Waals surface area contributed by atoms with Gasteiger partial charge in [-0.05, 0) is 101 Å². The molecule has 0 aliphatic carbocycles. The summed E-state index contributed by atoms with van der Waals surface area (Å²) in [6.07, 6.45) is 26.3. The number of amides is 2. The van der Waals surface area contributed by atoms with Crippen LogP contribution in [0.1, 0.15) is 268 Å². The molecule has 16 heteroatoms. The molecule has 0 aromatic heterocycles. The maximum Gasteiger partial charge on any atom is 0.333 e. The van der Waals surface area contributed by atoms with E-state index in [1.165, 1.54) is 6.42 Å². The molecule has 1 fully saturated rings. The number of carboxylic acid groups (broad SMARTS) is 3. The Morgan fingerprint density at radius 3 is 0.779 bits per heavy atom. The number of aliphatic carboxylic acids is 3. The smallest absolute Gasteiger partial charge is 0.333 e. The van der Waals surface area contributed by atoms with Crippen molar-refractivity contribution in [1.29, 1.82) is 0 Å². The lowest BCUT2D eigenvalue weighted by Crippen LogP contribution is -2.31. The van der Waals surface area contributed by atoms with E-state index in [2.05, 4.69) is 0 Å². The number of aliphatic hydroxyl groups is 1. The molecule has 0 unspecified atom stereocenters. The number of hydroxylamine groups is 2. The monoisotopic (exact) mass is 974 g/mol. The largest absolute Gasteiger partial charge is 0.481 e. The Balaban J connectivity index is -0.000000914. The van der Waals surface area contributed by atoms with Crippen LogP contribution >= 0.6 is 0 Å². The Kier molecular flexibility index (Phi) is 42.0. The minimum atomic E-state index is -0.714. The Labute approximate surface area is 409 Å². The average molecular weight is 974 g/mol. The second-order valence-corrected chi connectivity index (χ2v) is 20.6. The first-order valence-corrected chi connectivity index (χ1v) is 25.5. The van der Waals surface area contributed by atoms with Gasteiger partial charge >= 0.3 is 35.8 Å². The minimum Gasteiger partial charge on any atom is -0.481 e. The van der Waals surface area contributed by atoms with E-state index in [9.17, 15) is 38.4 Å². The van der Waals surface area contributed by atoms with Crippen molar-refractivity contribution < 1.29 is 73.1 Å². The van der Waals surface area contributed by atoms with E-state index < -0.39 is 46.9 Å². The van der Waals surface area contributed by atoms with Crippen molar-refractivity contribution in [3.05, 3.63) is 0 Å². The molecule has 0 spiro atoms. The quantitative estimate of drug-likeness (QED) is 0.0266. The van der Waals surface area contributed by atoms with Gasteiger partial charge in [0.05, 0.1) is 5.60 Å². The maximum absolute atomic E-state index is 11.6.